The number of hydrogen-bond acceptors (Lipinski definition) is 22. The maximum atomic E-state index is 11.6. The molecule has 5 aliphatic rings. The summed E-state index contributed by atoms with van der Waals surface area (Å²) in [6.07, 6.45) is 19.1. The van der Waals surface area contributed by atoms with E-state index in [9.17, 15) is 48.8 Å². The van der Waals surface area contributed by atoms with Gasteiger partial charge in [-0.15, -0.1) is 0 Å². The molecule has 0 spiro atoms. The highest BCUT2D eigenvalue weighted by molar-refractivity contribution is 8.04. The number of carbonyl (C=O) groups is 1. The highest BCUT2D eigenvalue weighted by Crippen LogP contribution is 2.54. The first kappa shape index (κ1) is 100. The van der Waals surface area contributed by atoms with E-state index in [-0.39, 0.29) is 37.1 Å². The molecule has 21 rings (SSSR count). The van der Waals surface area contributed by atoms with Gasteiger partial charge in [0, 0.05) is 103 Å². The summed E-state index contributed by atoms with van der Waals surface area (Å²) < 4.78 is 115. The summed E-state index contributed by atoms with van der Waals surface area (Å²) in [6, 6.07) is 86.8. The largest absolute Gasteiger partial charge is 0.748 e. The van der Waals surface area contributed by atoms with Gasteiger partial charge >= 0.3 is 5.97 Å². The van der Waals surface area contributed by atoms with E-state index < -0.39 is 47.8 Å². The number of halogens is 2. The number of aromatic nitrogens is 4. The Morgan fingerprint density at radius 1 is 0.440 bits per heavy atom. The Balaban J connectivity index is 0.000000125. The summed E-state index contributed by atoms with van der Waals surface area (Å²) in [4.78, 5) is 24.5. The molecule has 32 heteroatoms. The van der Waals surface area contributed by atoms with Gasteiger partial charge in [0.25, 0.3) is 20.0 Å². The lowest BCUT2D eigenvalue weighted by atomic mass is 9.75. The average Bonchev–Trinajstić information content (AvgIpc) is 1.60. The predicted molar refractivity (Wildman–Crippen MR) is 586 cm³/mol. The van der Waals surface area contributed by atoms with Crippen LogP contribution in [0.2, 0.25) is 10.0 Å². The van der Waals surface area contributed by atoms with Crippen LogP contribution in [0.4, 0.5) is 22.7 Å². The molecule has 0 saturated heterocycles. The Bertz CT molecular complexity index is 8200. The lowest BCUT2D eigenvalue weighted by Gasteiger charge is -2.31. The minimum Gasteiger partial charge on any atom is -0.748 e. The van der Waals surface area contributed by atoms with Crippen LogP contribution in [0.3, 0.4) is 0 Å². The van der Waals surface area contributed by atoms with Gasteiger partial charge < -0.3 is 38.4 Å². The third-order valence-corrected chi connectivity index (χ3v) is 36.4. The number of nitrogens with zero attached hydrogens (tertiary/aromatic N) is 8. The molecule has 1 N–H and O–H groups in total. The van der Waals surface area contributed by atoms with Crippen molar-refractivity contribution in [2.75, 3.05) is 63.0 Å². The number of anilines is 4. The van der Waals surface area contributed by atoms with Crippen LogP contribution in [0.5, 0.6) is 0 Å². The smallest absolute Gasteiger partial charge is 0.370 e. The Morgan fingerprint density at radius 3 is 1.65 bits per heavy atom. The summed E-state index contributed by atoms with van der Waals surface area (Å²) in [5, 5.41) is 23.5. The molecule has 4 aliphatic heterocycles. The van der Waals surface area contributed by atoms with Crippen LogP contribution in [0.1, 0.15) is 86.8 Å². The minimum absolute atomic E-state index is 0.103. The van der Waals surface area contributed by atoms with E-state index in [1.165, 1.54) is 107 Å². The van der Waals surface area contributed by atoms with Crippen molar-refractivity contribution in [1.82, 2.24) is 0 Å². The molecule has 8 heterocycles. The van der Waals surface area contributed by atoms with Crippen molar-refractivity contribution >= 4 is 261 Å². The topological polar surface area (TPSA) is 237 Å². The monoisotopic (exact) mass is 2120 g/mol. The van der Waals surface area contributed by atoms with Crippen molar-refractivity contribution in [2.24, 2.45) is 19.5 Å². The molecule has 12 aromatic carbocycles. The van der Waals surface area contributed by atoms with Gasteiger partial charge in [-0.3, -0.25) is 0 Å². The fourth-order valence-corrected chi connectivity index (χ4v) is 29.2. The normalized spacial score (nSPS) is 16.1. The molecule has 141 heavy (non-hydrogen) atoms. The van der Waals surface area contributed by atoms with E-state index in [2.05, 4.69) is 291 Å². The van der Waals surface area contributed by atoms with Crippen LogP contribution < -0.4 is 37.9 Å². The minimum atomic E-state index is -4.37. The van der Waals surface area contributed by atoms with Crippen molar-refractivity contribution in [2.45, 2.75) is 99.4 Å². The number of thiazole rings is 4. The number of allylic oxidation sites excluding steroid dienone is 6. The number of para-hydroxylation sites is 2. The van der Waals surface area contributed by atoms with Crippen LogP contribution in [0.25, 0.3) is 109 Å². The second-order valence-electron chi connectivity index (χ2n) is 35.2. The van der Waals surface area contributed by atoms with E-state index in [0.717, 1.165) is 121 Å². The maximum Gasteiger partial charge on any atom is 0.370 e. The molecule has 0 amide bonds. The molecule has 0 atom stereocenters. The Kier molecular flexibility index (Phi) is 30.7. The van der Waals surface area contributed by atoms with Gasteiger partial charge in [0.05, 0.1) is 96.5 Å². The molecule has 0 saturated carbocycles. The molecule has 720 valence electrons. The summed E-state index contributed by atoms with van der Waals surface area (Å²) in [6.45, 7) is 14.0. The van der Waals surface area contributed by atoms with Crippen LogP contribution in [-0.2, 0) is 62.3 Å². The first-order chi connectivity index (χ1) is 67.7. The van der Waals surface area contributed by atoms with E-state index >= 15 is 0 Å². The molecular formula is C109H99Cl2N8O11S11+. The van der Waals surface area contributed by atoms with Crippen molar-refractivity contribution in [1.29, 1.82) is 0 Å². The molecule has 0 unspecified atom stereocenters. The number of thioether (sulfide) groups is 4. The van der Waals surface area contributed by atoms with Crippen LogP contribution in [-0.4, -0.2) is 93.4 Å². The number of aliphatic carboxylic acids is 1. The summed E-state index contributed by atoms with van der Waals surface area (Å²) in [5.74, 6) is -2.29. The second kappa shape index (κ2) is 43.1. The Labute approximate surface area is 864 Å². The van der Waals surface area contributed by atoms with Crippen LogP contribution >= 0.6 is 116 Å². The van der Waals surface area contributed by atoms with Gasteiger partial charge in [-0.1, -0.05) is 294 Å². The van der Waals surface area contributed by atoms with Crippen molar-refractivity contribution < 1.29 is 67.1 Å². The fraction of sp³-hybridized carbons (Fsp3) is 0.202. The van der Waals surface area contributed by atoms with E-state index in [4.69, 9.17) is 23.2 Å². The van der Waals surface area contributed by atoms with Crippen LogP contribution in [0, 0.1) is 5.41 Å². The van der Waals surface area contributed by atoms with Crippen molar-refractivity contribution in [3.8, 4) is 22.3 Å². The molecule has 0 fully saturated rings. The number of hydrogen-bond donors (Lipinski definition) is 1. The van der Waals surface area contributed by atoms with Gasteiger partial charge in [-0.2, -0.15) is 18.3 Å². The summed E-state index contributed by atoms with van der Waals surface area (Å²) in [7, 11) is -8.78. The van der Waals surface area contributed by atoms with Crippen LogP contribution in [0.15, 0.2) is 329 Å². The SMILES string of the molecule is CCC(=Cc1sc2ccc(-c3ccccc3)cc2[n+]1C)C=C1Sc2ccc(-c3ccccc3)cc2N1CCS(=O)(=O)[O-].CCN1C(=CC2=CC(=Cc3sc4ccccc4[n+]3CC)CC(C)(C)C2)Sc2ccccc21.C[n+]1c(C=C2Sc3ccc4ccccc4c3N2CCCS(=O)(=O)[O-])sc2ccc3ccccc3c21.O=C(O)C[n+]1c(C=C2Sc3ccc(Cl)cc3N2CCCS(=O)(=O)[O-])sc2ccc(Cl)cc21. The summed E-state index contributed by atoms with van der Waals surface area (Å²) in [5.41, 5.74) is 17.3. The van der Waals surface area contributed by atoms with Gasteiger partial charge in [0.15, 0.2) is 0 Å². The highest BCUT2D eigenvalue weighted by atomic mass is 35.5. The third-order valence-electron chi connectivity index (χ3n) is 24.7. The predicted octanol–water partition coefficient (Wildman–Crippen LogP) is 26.0. The van der Waals surface area contributed by atoms with Gasteiger partial charge in [0.2, 0.25) is 28.6 Å². The zero-order valence-electron chi connectivity index (χ0n) is 78.0. The maximum absolute atomic E-state index is 11.6. The molecule has 0 bridgehead atoms. The third kappa shape index (κ3) is 23.4. The first-order valence-electron chi connectivity index (χ1n) is 46.0. The summed E-state index contributed by atoms with van der Waals surface area (Å²) >= 11 is 25.8. The lowest BCUT2D eigenvalue weighted by molar-refractivity contribution is -0.665. The lowest BCUT2D eigenvalue weighted by Crippen LogP contribution is -2.39. The fourth-order valence-electron chi connectivity index (χ4n) is 18.3. The molecule has 4 aromatic heterocycles. The Hall–Kier alpha value is -10.7. The number of rotatable bonds is 24. The van der Waals surface area contributed by atoms with E-state index in [1.54, 1.807) is 75.0 Å². The van der Waals surface area contributed by atoms with Crippen molar-refractivity contribution in [3.63, 3.8) is 0 Å². The molecule has 1 aliphatic carbocycles. The first-order valence-corrected chi connectivity index (χ1v) is 58.0. The van der Waals surface area contributed by atoms with E-state index in [1.807, 2.05) is 87.5 Å². The number of carboxylic acid groups (broad SMARTS) is 1. The molecule has 0 radical (unpaired) electrons. The van der Waals surface area contributed by atoms with Gasteiger partial charge in [-0.25, -0.2) is 30.0 Å². The zero-order chi connectivity index (χ0) is 98.8. The average molecular weight is 2120 g/mol. The number of benzene rings is 12. The quantitative estimate of drug-likeness (QED) is 0.0437. The van der Waals surface area contributed by atoms with Gasteiger partial charge in [0.1, 0.15) is 39.4 Å². The molecular weight excluding hydrogens is 2020 g/mol. The van der Waals surface area contributed by atoms with Gasteiger partial charge in [-0.05, 0) is 198 Å². The highest BCUT2D eigenvalue weighted by Gasteiger charge is 2.36. The molecule has 16 aromatic rings. The number of carboxylic acids is 1. The standard InChI is InChI=1S/C34H30N2O3S3.C28H31N2S2.C27H22N2O3S3.C20H16Cl2N2O5S3/c1-3-24(20-33-35(2)29-22-27(14-16-31(29)40-33)25-10-6-4-7-11-25)21-34-36(18-19-42(37,38)39)30-23-28(15-17-32(30)41-34)26-12-8-5-9-13-26;1-5-29-22-11-7-9-13-24(22)31-26(29)16-20-15-21(19-28(3,4)18-20)17-27-30(6-2)23-12-8-10-14-25(23)32-27;1-28-24(33-22-13-11-18-7-2-4-9-20(18)26(22)28)17-25-29(15-6-16-35(30,31)32)27-21-10-5-3-8-19(21)12-14-23(27)34-25;21-12-2-4-16-14(8-12)23(6-1-7-32(27,28)29)18(30-16)10-19-24(11-20(25)26)15-9-13(22)3-5-17(15)31-19/h4-17,20-23H,3,18-19H2,1-2H3;7-17H,5-6,18-19H2,1-4H3;2-5,7-14,17H,6,15-16H2,1H3;2-5,8-10H,1,6-7,11H2,(H-,25,26,27,28,29)/q;+1;;. The number of aryl methyl sites for hydroxylation is 3. The second-order valence-corrected chi connectivity index (χ2v) is 49.1. The number of fused-ring (bicyclic) bond motifs is 12. The zero-order valence-corrected chi connectivity index (χ0v) is 88.5. The Morgan fingerprint density at radius 2 is 0.950 bits per heavy atom. The van der Waals surface area contributed by atoms with Crippen molar-refractivity contribution in [3.05, 3.63) is 340 Å². The van der Waals surface area contributed by atoms with E-state index in [0.29, 0.717) is 33.7 Å². The molecule has 19 nitrogen and oxygen atoms in total.